The normalized spacial score (nSPS) is 9.65. The van der Waals surface area contributed by atoms with Crippen LogP contribution in [0.15, 0.2) is 173 Å². The summed E-state index contributed by atoms with van der Waals surface area (Å²) in [6.45, 7) is 46.0. The van der Waals surface area contributed by atoms with E-state index in [1.165, 1.54) is 0 Å². The molecule has 79 heavy (non-hydrogen) atoms. The van der Waals surface area contributed by atoms with Gasteiger partial charge in [-0.05, 0) is 199 Å². The number of aromatic hydroxyl groups is 7. The molecule has 0 aromatic heterocycles. The Morgan fingerprint density at radius 3 is 1.25 bits per heavy atom. The van der Waals surface area contributed by atoms with Gasteiger partial charge in [0.15, 0.2) is 0 Å². The smallest absolute Gasteiger partial charge is 0.125 e. The van der Waals surface area contributed by atoms with E-state index in [0.717, 1.165) is 133 Å². The van der Waals surface area contributed by atoms with Crippen LogP contribution in [0.1, 0.15) is 140 Å². The van der Waals surface area contributed by atoms with Crippen molar-refractivity contribution in [2.75, 3.05) is 0 Å². The molecule has 0 spiro atoms. The maximum atomic E-state index is 9.50. The SMILES string of the molecule is C=C(C)c1ccc(CC)c(O)c1.C=C(C)c1ccc(O)c(CC)c1.C=C(C)c1ccc(O)cc1CC.C=Cc1ccc(CC)c(O)c1.C=Cc1ccc(O)c(CC)c1.C=Cc1ccc(O)cc1CC.C=Cc1cccc(C)c1O. The minimum Gasteiger partial charge on any atom is -0.508 e. The van der Waals surface area contributed by atoms with Crippen molar-refractivity contribution in [2.24, 2.45) is 0 Å². The van der Waals surface area contributed by atoms with Gasteiger partial charge in [0.05, 0.1) is 0 Å². The van der Waals surface area contributed by atoms with Crippen molar-refractivity contribution in [1.29, 1.82) is 0 Å². The molecule has 0 radical (unpaired) electrons. The van der Waals surface area contributed by atoms with Crippen molar-refractivity contribution in [3.8, 4) is 40.2 Å². The van der Waals surface area contributed by atoms with Crippen molar-refractivity contribution < 1.29 is 35.7 Å². The summed E-state index contributed by atoms with van der Waals surface area (Å²) in [6.07, 6.45) is 12.2. The van der Waals surface area contributed by atoms with Gasteiger partial charge in [-0.1, -0.05) is 195 Å². The second-order valence-electron chi connectivity index (χ2n) is 18.5. The first-order valence-electron chi connectivity index (χ1n) is 26.7. The molecule has 0 unspecified atom stereocenters. The summed E-state index contributed by atoms with van der Waals surface area (Å²) < 4.78 is 0. The molecular weight excluding hydrogens is 977 g/mol. The molecule has 7 nitrogen and oxygen atoms in total. The molecule has 0 heterocycles. The van der Waals surface area contributed by atoms with Crippen molar-refractivity contribution >= 4 is 41.0 Å². The average Bonchev–Trinajstić information content (AvgIpc) is 3.44. The fraction of sp³-hybridized carbons (Fsp3) is 0.222. The highest BCUT2D eigenvalue weighted by Crippen LogP contribution is 2.26. The van der Waals surface area contributed by atoms with E-state index in [1.807, 2.05) is 134 Å². The monoisotopic (exact) mass is 1060 g/mol. The number of para-hydroxylation sites is 1. The van der Waals surface area contributed by atoms with Crippen molar-refractivity contribution in [2.45, 2.75) is 108 Å². The standard InChI is InChI=1S/3C11H14O.3C10H12O.C9H10O/c1-4-9-7-10(12)5-6-11(9)8(2)3;1-4-9-7-10(8(2)3)5-6-11(9)12;1-4-9-5-6-10(8(2)3)7-11(9)12;1-3-8-5-6-10(11)7-9(8)4-2;1-3-8-5-6-10(11)9(4-2)7-8;1-3-8-5-6-9(4-2)10(11)7-8;1-3-8-6-4-5-7(2)9(8)10/h3*5-7,12H,2,4H2,1,3H3;3*3,5-7,11H,1,4H2,2H3;3-6,10H,1H2,2H3. The van der Waals surface area contributed by atoms with Crippen LogP contribution in [-0.2, 0) is 38.5 Å². The van der Waals surface area contributed by atoms with Crippen LogP contribution in [0.3, 0.4) is 0 Å². The third kappa shape index (κ3) is 23.6. The van der Waals surface area contributed by atoms with Crippen LogP contribution in [-0.4, -0.2) is 35.7 Å². The summed E-state index contributed by atoms with van der Waals surface area (Å²) in [5.41, 5.74) is 17.3. The van der Waals surface area contributed by atoms with E-state index in [9.17, 15) is 30.6 Å². The molecule has 7 aromatic carbocycles. The Kier molecular flexibility index (Phi) is 31.5. The van der Waals surface area contributed by atoms with Gasteiger partial charge in [-0.15, -0.1) is 0 Å². The lowest BCUT2D eigenvalue weighted by molar-refractivity contribution is 0.468. The van der Waals surface area contributed by atoms with E-state index in [4.69, 9.17) is 5.11 Å². The fourth-order valence-electron chi connectivity index (χ4n) is 7.52. The molecule has 7 N–H and O–H groups in total. The van der Waals surface area contributed by atoms with Gasteiger partial charge in [0.1, 0.15) is 40.2 Å². The zero-order valence-electron chi connectivity index (χ0n) is 48.8. The summed E-state index contributed by atoms with van der Waals surface area (Å²) in [5.74, 6) is 2.48. The summed E-state index contributed by atoms with van der Waals surface area (Å²) >= 11 is 0. The highest BCUT2D eigenvalue weighted by Gasteiger charge is 2.04. The van der Waals surface area contributed by atoms with Crippen LogP contribution < -0.4 is 0 Å². The van der Waals surface area contributed by atoms with Crippen molar-refractivity contribution in [3.63, 3.8) is 0 Å². The molecule has 0 atom stereocenters. The minimum atomic E-state index is 0.326. The first-order valence-corrected chi connectivity index (χ1v) is 26.7. The lowest BCUT2D eigenvalue weighted by atomic mass is 10.00. The van der Waals surface area contributed by atoms with E-state index in [-0.39, 0.29) is 0 Å². The molecule has 7 aromatic rings. The van der Waals surface area contributed by atoms with Gasteiger partial charge in [0.25, 0.3) is 0 Å². The molecule has 7 rings (SSSR count). The first-order chi connectivity index (χ1) is 37.5. The Labute approximate surface area is 473 Å². The summed E-state index contributed by atoms with van der Waals surface area (Å²) in [5, 5.41) is 65.2. The Balaban J connectivity index is 0.000000461. The Morgan fingerprint density at radius 2 is 0.797 bits per heavy atom. The van der Waals surface area contributed by atoms with Gasteiger partial charge in [-0.2, -0.15) is 0 Å². The van der Waals surface area contributed by atoms with Crippen molar-refractivity contribution in [3.05, 3.63) is 251 Å². The number of phenols is 7. The topological polar surface area (TPSA) is 142 Å². The average molecular weight is 1070 g/mol. The zero-order chi connectivity index (χ0) is 59.8. The maximum Gasteiger partial charge on any atom is 0.125 e. The van der Waals surface area contributed by atoms with Gasteiger partial charge in [0, 0.05) is 5.56 Å². The van der Waals surface area contributed by atoms with Gasteiger partial charge < -0.3 is 35.7 Å². The Morgan fingerprint density at radius 1 is 0.367 bits per heavy atom. The van der Waals surface area contributed by atoms with Crippen LogP contribution in [0.25, 0.3) is 41.0 Å². The number of aryl methyl sites for hydroxylation is 7. The molecule has 418 valence electrons. The zero-order valence-corrected chi connectivity index (χ0v) is 48.8. The van der Waals surface area contributed by atoms with Gasteiger partial charge in [-0.25, -0.2) is 0 Å². The number of hydrogen-bond donors (Lipinski definition) is 7. The summed E-state index contributed by atoms with van der Waals surface area (Å²) in [6, 6.07) is 38.7. The van der Waals surface area contributed by atoms with Crippen LogP contribution in [0, 0.1) is 6.92 Å². The molecule has 0 saturated heterocycles. The second-order valence-corrected chi connectivity index (χ2v) is 18.5. The summed E-state index contributed by atoms with van der Waals surface area (Å²) in [7, 11) is 0. The highest BCUT2D eigenvalue weighted by atomic mass is 16.3. The van der Waals surface area contributed by atoms with E-state index in [1.54, 1.807) is 72.8 Å². The molecule has 0 fully saturated rings. The third-order valence-corrected chi connectivity index (χ3v) is 12.5. The lowest BCUT2D eigenvalue weighted by Crippen LogP contribution is -1.88. The van der Waals surface area contributed by atoms with E-state index < -0.39 is 0 Å². The first kappa shape index (κ1) is 68.3. The molecule has 0 bridgehead atoms. The fourth-order valence-corrected chi connectivity index (χ4v) is 7.52. The molecule has 0 aliphatic rings. The number of hydrogen-bond acceptors (Lipinski definition) is 7. The quantitative estimate of drug-likeness (QED) is 0.0610. The maximum absolute atomic E-state index is 9.50. The predicted octanol–water partition coefficient (Wildman–Crippen LogP) is 19.1. The highest BCUT2D eigenvalue weighted by molar-refractivity contribution is 5.66. The van der Waals surface area contributed by atoms with Gasteiger partial charge >= 0.3 is 0 Å². The lowest BCUT2D eigenvalue weighted by Gasteiger charge is -2.06. The van der Waals surface area contributed by atoms with Crippen LogP contribution in [0.4, 0.5) is 0 Å². The number of rotatable bonds is 13. The number of allylic oxidation sites excluding steroid dienone is 3. The van der Waals surface area contributed by atoms with E-state index >= 15 is 0 Å². The molecule has 0 aliphatic heterocycles. The van der Waals surface area contributed by atoms with Crippen LogP contribution >= 0.6 is 0 Å². The Bertz CT molecular complexity index is 3120. The molecule has 0 aliphatic carbocycles. The molecular formula is C72H88O7. The number of phenolic OH excluding ortho intramolecular Hbond substituents is 7. The summed E-state index contributed by atoms with van der Waals surface area (Å²) in [4.78, 5) is 0. The van der Waals surface area contributed by atoms with Gasteiger partial charge in [0.2, 0.25) is 0 Å². The predicted molar refractivity (Wildman–Crippen MR) is 342 cm³/mol. The molecule has 0 amide bonds. The van der Waals surface area contributed by atoms with E-state index in [0.29, 0.717) is 40.2 Å². The van der Waals surface area contributed by atoms with Crippen molar-refractivity contribution in [1.82, 2.24) is 0 Å². The molecule has 0 saturated carbocycles. The largest absolute Gasteiger partial charge is 0.508 e. The second kappa shape index (κ2) is 36.4. The van der Waals surface area contributed by atoms with Crippen LogP contribution in [0.5, 0.6) is 40.2 Å². The third-order valence-electron chi connectivity index (χ3n) is 12.5. The van der Waals surface area contributed by atoms with E-state index in [2.05, 4.69) is 59.9 Å². The number of benzene rings is 7. The Hall–Kier alpha value is -8.68. The van der Waals surface area contributed by atoms with Crippen LogP contribution in [0.2, 0.25) is 0 Å². The van der Waals surface area contributed by atoms with Gasteiger partial charge in [-0.3, -0.25) is 0 Å². The minimum absolute atomic E-state index is 0.326. The molecule has 7 heteroatoms.